The molecule has 7 aromatic carbocycles. The Kier molecular flexibility index (Phi) is 6.31. The van der Waals surface area contributed by atoms with E-state index < -0.39 is 0 Å². The average molecular weight is 620 g/mol. The van der Waals surface area contributed by atoms with Crippen molar-refractivity contribution in [2.75, 3.05) is 0 Å². The third-order valence-corrected chi connectivity index (χ3v) is 11.2. The van der Waals surface area contributed by atoms with Crippen molar-refractivity contribution in [1.82, 2.24) is 0 Å². The standard InChI is InChI=1S/C43H25NS2/c44-26-28-14-4-5-15-29(28)35-25-36(30-18-10-22-40-42(30)32-16-6-8-20-38(32)45-40)34(27-12-2-1-3-13-27)24-37(35)31-19-11-23-41-43(31)33-17-7-9-21-39(33)46-41/h1-25H. The number of nitrogens with zero attached hydrogens (tertiary/aromatic N) is 1. The Bertz CT molecular complexity index is 2650. The van der Waals surface area contributed by atoms with Crippen LogP contribution in [0.1, 0.15) is 5.56 Å². The van der Waals surface area contributed by atoms with Gasteiger partial charge in [0.25, 0.3) is 0 Å². The van der Waals surface area contributed by atoms with Crippen LogP contribution < -0.4 is 0 Å². The van der Waals surface area contributed by atoms with Gasteiger partial charge in [-0.3, -0.25) is 0 Å². The summed E-state index contributed by atoms with van der Waals surface area (Å²) in [6.45, 7) is 0. The molecule has 0 bridgehead atoms. The smallest absolute Gasteiger partial charge is 0.0998 e. The third-order valence-electron chi connectivity index (χ3n) is 8.97. The Balaban J connectivity index is 1.46. The van der Waals surface area contributed by atoms with E-state index in [9.17, 15) is 5.26 Å². The number of hydrogen-bond donors (Lipinski definition) is 0. The van der Waals surface area contributed by atoms with Gasteiger partial charge in [0.1, 0.15) is 0 Å². The number of hydrogen-bond acceptors (Lipinski definition) is 3. The van der Waals surface area contributed by atoms with Crippen LogP contribution in [-0.2, 0) is 0 Å². The van der Waals surface area contributed by atoms with E-state index in [1.807, 2.05) is 40.9 Å². The van der Waals surface area contributed by atoms with Gasteiger partial charge < -0.3 is 0 Å². The van der Waals surface area contributed by atoms with Gasteiger partial charge in [-0.2, -0.15) is 5.26 Å². The number of rotatable bonds is 4. The van der Waals surface area contributed by atoms with Crippen LogP contribution in [0.5, 0.6) is 0 Å². The Labute approximate surface area is 274 Å². The predicted molar refractivity (Wildman–Crippen MR) is 199 cm³/mol. The van der Waals surface area contributed by atoms with E-state index in [1.165, 1.54) is 57.0 Å². The highest BCUT2D eigenvalue weighted by molar-refractivity contribution is 7.26. The minimum atomic E-state index is 0.670. The number of fused-ring (bicyclic) bond motifs is 6. The van der Waals surface area contributed by atoms with Crippen LogP contribution >= 0.6 is 22.7 Å². The van der Waals surface area contributed by atoms with Crippen molar-refractivity contribution in [3.63, 3.8) is 0 Å². The fourth-order valence-electron chi connectivity index (χ4n) is 6.94. The van der Waals surface area contributed by atoms with E-state index in [0.29, 0.717) is 5.56 Å². The number of nitriles is 1. The van der Waals surface area contributed by atoms with E-state index in [-0.39, 0.29) is 0 Å². The molecule has 2 heterocycles. The molecule has 0 radical (unpaired) electrons. The second-order valence-corrected chi connectivity index (χ2v) is 13.7. The zero-order valence-electron chi connectivity index (χ0n) is 24.7. The summed E-state index contributed by atoms with van der Waals surface area (Å²) >= 11 is 3.67. The van der Waals surface area contributed by atoms with Crippen molar-refractivity contribution in [3.8, 4) is 50.6 Å². The lowest BCUT2D eigenvalue weighted by Crippen LogP contribution is -1.94. The second-order valence-electron chi connectivity index (χ2n) is 11.5. The van der Waals surface area contributed by atoms with Crippen LogP contribution in [0.2, 0.25) is 0 Å². The van der Waals surface area contributed by atoms with Crippen LogP contribution in [0.3, 0.4) is 0 Å². The minimum Gasteiger partial charge on any atom is -0.192 e. The van der Waals surface area contributed by atoms with Gasteiger partial charge in [-0.15, -0.1) is 22.7 Å². The Morgan fingerprint density at radius 3 is 1.46 bits per heavy atom. The van der Waals surface area contributed by atoms with Crippen LogP contribution in [0.25, 0.3) is 84.9 Å². The molecule has 9 rings (SSSR count). The van der Waals surface area contributed by atoms with Gasteiger partial charge >= 0.3 is 0 Å². The van der Waals surface area contributed by atoms with Crippen molar-refractivity contribution >= 4 is 63.0 Å². The molecule has 2 aromatic heterocycles. The number of benzene rings is 7. The molecular formula is C43H25NS2. The highest BCUT2D eigenvalue weighted by Gasteiger charge is 2.22. The van der Waals surface area contributed by atoms with E-state index >= 15 is 0 Å². The average Bonchev–Trinajstić information content (AvgIpc) is 3.70. The number of thiophene rings is 2. The van der Waals surface area contributed by atoms with Crippen molar-refractivity contribution in [2.45, 2.75) is 0 Å². The monoisotopic (exact) mass is 619 g/mol. The Morgan fingerprint density at radius 2 is 0.826 bits per heavy atom. The Morgan fingerprint density at radius 1 is 0.370 bits per heavy atom. The van der Waals surface area contributed by atoms with Gasteiger partial charge in [0.15, 0.2) is 0 Å². The SMILES string of the molecule is N#Cc1ccccc1-c1cc(-c2cccc3sc4ccccc4c23)c(-c2ccccc2)cc1-c1cccc2sc3ccccc3c12. The molecule has 9 aromatic rings. The fourth-order valence-corrected chi connectivity index (χ4v) is 9.20. The molecule has 0 saturated heterocycles. The molecular weight excluding hydrogens is 595 g/mol. The van der Waals surface area contributed by atoms with Crippen LogP contribution in [0.15, 0.2) is 152 Å². The van der Waals surface area contributed by atoms with Crippen molar-refractivity contribution in [1.29, 1.82) is 5.26 Å². The first-order valence-corrected chi connectivity index (χ1v) is 17.0. The van der Waals surface area contributed by atoms with Gasteiger partial charge in [-0.1, -0.05) is 109 Å². The van der Waals surface area contributed by atoms with Crippen molar-refractivity contribution in [2.24, 2.45) is 0 Å². The summed E-state index contributed by atoms with van der Waals surface area (Å²) in [5, 5.41) is 15.4. The lowest BCUT2D eigenvalue weighted by molar-refractivity contribution is 1.48. The highest BCUT2D eigenvalue weighted by atomic mass is 32.1. The fraction of sp³-hybridized carbons (Fsp3) is 0. The summed E-state index contributed by atoms with van der Waals surface area (Å²) < 4.78 is 5.10. The highest BCUT2D eigenvalue weighted by Crippen LogP contribution is 2.49. The minimum absolute atomic E-state index is 0.670. The molecule has 0 N–H and O–H groups in total. The summed E-state index contributed by atoms with van der Waals surface area (Å²) in [6.07, 6.45) is 0. The molecule has 46 heavy (non-hydrogen) atoms. The quantitative estimate of drug-likeness (QED) is 0.192. The van der Waals surface area contributed by atoms with Crippen LogP contribution in [0, 0.1) is 11.3 Å². The van der Waals surface area contributed by atoms with Crippen LogP contribution in [0.4, 0.5) is 0 Å². The zero-order chi connectivity index (χ0) is 30.6. The lowest BCUT2D eigenvalue weighted by Gasteiger charge is -2.20. The molecule has 3 heteroatoms. The molecule has 214 valence electrons. The zero-order valence-corrected chi connectivity index (χ0v) is 26.3. The van der Waals surface area contributed by atoms with Crippen molar-refractivity contribution < 1.29 is 0 Å². The summed E-state index contributed by atoms with van der Waals surface area (Å²) in [7, 11) is 0. The van der Waals surface area contributed by atoms with Gasteiger partial charge in [0, 0.05) is 45.9 Å². The molecule has 1 nitrogen and oxygen atoms in total. The molecule has 0 aliphatic heterocycles. The van der Waals surface area contributed by atoms with Gasteiger partial charge in [-0.25, -0.2) is 0 Å². The van der Waals surface area contributed by atoms with E-state index in [4.69, 9.17) is 0 Å². The van der Waals surface area contributed by atoms with Gasteiger partial charge in [-0.05, 0) is 81.4 Å². The van der Waals surface area contributed by atoms with E-state index in [1.54, 1.807) is 0 Å². The first-order valence-electron chi connectivity index (χ1n) is 15.3. The van der Waals surface area contributed by atoms with E-state index in [0.717, 1.165) is 27.8 Å². The predicted octanol–water partition coefficient (Wildman–Crippen LogP) is 13.0. The molecule has 0 saturated carbocycles. The van der Waals surface area contributed by atoms with Gasteiger partial charge in [0.2, 0.25) is 0 Å². The molecule has 0 fully saturated rings. The first kappa shape index (κ1) is 26.8. The maximum Gasteiger partial charge on any atom is 0.0998 e. The first-order chi connectivity index (χ1) is 22.8. The summed E-state index contributed by atoms with van der Waals surface area (Å²) in [6, 6.07) is 56.6. The molecule has 0 unspecified atom stereocenters. The lowest BCUT2D eigenvalue weighted by atomic mass is 9.83. The summed E-state index contributed by atoms with van der Waals surface area (Å²) in [5.74, 6) is 0. The Hall–Kier alpha value is -5.53. The molecule has 0 aliphatic carbocycles. The maximum atomic E-state index is 10.3. The summed E-state index contributed by atoms with van der Waals surface area (Å²) in [4.78, 5) is 0. The van der Waals surface area contributed by atoms with E-state index in [2.05, 4.69) is 140 Å². The third kappa shape index (κ3) is 4.19. The van der Waals surface area contributed by atoms with Crippen LogP contribution in [-0.4, -0.2) is 0 Å². The molecule has 0 spiro atoms. The maximum absolute atomic E-state index is 10.3. The summed E-state index contributed by atoms with van der Waals surface area (Å²) in [5.41, 5.74) is 9.69. The second kappa shape index (κ2) is 10.8. The van der Waals surface area contributed by atoms with Crippen molar-refractivity contribution in [3.05, 3.63) is 157 Å². The largest absolute Gasteiger partial charge is 0.192 e. The topological polar surface area (TPSA) is 23.8 Å². The normalized spacial score (nSPS) is 11.5. The molecule has 0 aliphatic rings. The molecule has 0 amide bonds. The van der Waals surface area contributed by atoms with Gasteiger partial charge in [0.05, 0.1) is 11.6 Å². The molecule has 0 atom stereocenters.